The van der Waals surface area contributed by atoms with Crippen LogP contribution in [-0.4, -0.2) is 40.3 Å². The summed E-state index contributed by atoms with van der Waals surface area (Å²) in [4.78, 5) is 19.4. The number of carbonyl (C=O) groups excluding carboxylic acids is 1. The third-order valence-electron chi connectivity index (χ3n) is 3.53. The zero-order valence-corrected chi connectivity index (χ0v) is 11.1. The number of nitrogens with zero attached hydrogens (tertiary/aromatic N) is 2. The third kappa shape index (κ3) is 3.20. The Labute approximate surface area is 112 Å². The van der Waals surface area contributed by atoms with Crippen LogP contribution in [0.15, 0.2) is 12.3 Å². The molecule has 0 radical (unpaired) electrons. The van der Waals surface area contributed by atoms with Gasteiger partial charge in [-0.1, -0.05) is 19.3 Å². The molecule has 1 fully saturated rings. The van der Waals surface area contributed by atoms with Gasteiger partial charge in [0.1, 0.15) is 5.82 Å². The topological polar surface area (TPSA) is 84.3 Å². The number of hydrogen-bond acceptors (Lipinski definition) is 6. The monoisotopic (exact) mass is 265 g/mol. The summed E-state index contributed by atoms with van der Waals surface area (Å²) in [6.45, 7) is 0.0601. The number of anilines is 1. The van der Waals surface area contributed by atoms with Gasteiger partial charge in [-0.3, -0.25) is 0 Å². The number of methoxy groups -OCH3 is 1. The average molecular weight is 265 g/mol. The number of nitrogens with one attached hydrogen (secondary N) is 1. The van der Waals surface area contributed by atoms with Crippen molar-refractivity contribution in [2.24, 2.45) is 0 Å². The summed E-state index contributed by atoms with van der Waals surface area (Å²) in [6.07, 6.45) is 6.68. The van der Waals surface area contributed by atoms with Crippen LogP contribution in [0.3, 0.4) is 0 Å². The van der Waals surface area contributed by atoms with Crippen LogP contribution >= 0.6 is 0 Å². The van der Waals surface area contributed by atoms with E-state index in [1.54, 1.807) is 6.07 Å². The molecule has 1 heterocycles. The number of ether oxygens (including phenoxy) is 1. The fraction of sp³-hybridized carbons (Fsp3) is 0.615. The second kappa shape index (κ2) is 5.97. The molecule has 0 aliphatic heterocycles. The lowest BCUT2D eigenvalue weighted by Crippen LogP contribution is -2.44. The Morgan fingerprint density at radius 1 is 1.47 bits per heavy atom. The molecular weight excluding hydrogens is 246 g/mol. The first-order valence-corrected chi connectivity index (χ1v) is 6.49. The van der Waals surface area contributed by atoms with E-state index in [2.05, 4.69) is 20.0 Å². The highest BCUT2D eigenvalue weighted by atomic mass is 16.5. The van der Waals surface area contributed by atoms with Crippen molar-refractivity contribution in [1.29, 1.82) is 0 Å². The maximum Gasteiger partial charge on any atom is 0.376 e. The smallest absolute Gasteiger partial charge is 0.376 e. The van der Waals surface area contributed by atoms with Crippen molar-refractivity contribution >= 4 is 11.8 Å². The van der Waals surface area contributed by atoms with Crippen LogP contribution < -0.4 is 5.32 Å². The molecule has 0 amide bonds. The number of rotatable bonds is 4. The SMILES string of the molecule is COC(=O)c1nccc(NC2(CO)CCCCC2)n1. The summed E-state index contributed by atoms with van der Waals surface area (Å²) in [5, 5.41) is 12.9. The first kappa shape index (κ1) is 13.7. The maximum atomic E-state index is 11.4. The van der Waals surface area contributed by atoms with E-state index < -0.39 is 5.97 Å². The molecule has 0 saturated heterocycles. The van der Waals surface area contributed by atoms with Crippen LogP contribution in [0, 0.1) is 0 Å². The molecule has 6 heteroatoms. The Morgan fingerprint density at radius 3 is 2.84 bits per heavy atom. The number of esters is 1. The molecule has 1 aromatic heterocycles. The van der Waals surface area contributed by atoms with E-state index in [9.17, 15) is 9.90 Å². The van der Waals surface area contributed by atoms with Crippen LogP contribution in [0.4, 0.5) is 5.82 Å². The van der Waals surface area contributed by atoms with Gasteiger partial charge in [-0.25, -0.2) is 14.8 Å². The van der Waals surface area contributed by atoms with E-state index in [1.807, 2.05) is 0 Å². The quantitative estimate of drug-likeness (QED) is 0.800. The van der Waals surface area contributed by atoms with Crippen molar-refractivity contribution < 1.29 is 14.6 Å². The summed E-state index contributed by atoms with van der Waals surface area (Å²) in [6, 6.07) is 1.69. The van der Waals surface area contributed by atoms with Gasteiger partial charge in [-0.2, -0.15) is 0 Å². The second-order valence-electron chi connectivity index (χ2n) is 4.88. The van der Waals surface area contributed by atoms with Gasteiger partial charge in [0.05, 0.1) is 19.3 Å². The molecule has 0 bridgehead atoms. The highest BCUT2D eigenvalue weighted by Crippen LogP contribution is 2.30. The molecule has 6 nitrogen and oxygen atoms in total. The van der Waals surface area contributed by atoms with Gasteiger partial charge in [-0.15, -0.1) is 0 Å². The Kier molecular flexibility index (Phi) is 4.31. The molecule has 0 unspecified atom stereocenters. The Balaban J connectivity index is 2.15. The highest BCUT2D eigenvalue weighted by molar-refractivity contribution is 5.85. The largest absolute Gasteiger partial charge is 0.463 e. The molecular formula is C13H19N3O3. The second-order valence-corrected chi connectivity index (χ2v) is 4.88. The van der Waals surface area contributed by atoms with Crippen LogP contribution in [0.5, 0.6) is 0 Å². The molecule has 0 atom stereocenters. The van der Waals surface area contributed by atoms with Crippen LogP contribution in [0.25, 0.3) is 0 Å². The highest BCUT2D eigenvalue weighted by Gasteiger charge is 2.31. The fourth-order valence-corrected chi connectivity index (χ4v) is 2.44. The van der Waals surface area contributed by atoms with Gasteiger partial charge in [0, 0.05) is 6.20 Å². The van der Waals surface area contributed by atoms with Crippen molar-refractivity contribution in [2.45, 2.75) is 37.6 Å². The van der Waals surface area contributed by atoms with Crippen LogP contribution in [0.2, 0.25) is 0 Å². The van der Waals surface area contributed by atoms with E-state index in [4.69, 9.17) is 0 Å². The zero-order valence-electron chi connectivity index (χ0n) is 11.1. The summed E-state index contributed by atoms with van der Waals surface area (Å²) < 4.78 is 4.59. The molecule has 1 aliphatic carbocycles. The summed E-state index contributed by atoms with van der Waals surface area (Å²) in [5.74, 6) is 0.00749. The Hall–Kier alpha value is -1.69. The van der Waals surface area contributed by atoms with Gasteiger partial charge < -0.3 is 15.2 Å². The van der Waals surface area contributed by atoms with E-state index in [-0.39, 0.29) is 18.0 Å². The average Bonchev–Trinajstić information content (AvgIpc) is 2.47. The van der Waals surface area contributed by atoms with E-state index in [1.165, 1.54) is 19.7 Å². The van der Waals surface area contributed by atoms with E-state index in [0.717, 1.165) is 25.7 Å². The molecule has 2 N–H and O–H groups in total. The molecule has 1 aromatic rings. The van der Waals surface area contributed by atoms with Crippen LogP contribution in [0.1, 0.15) is 42.7 Å². The van der Waals surface area contributed by atoms with Gasteiger partial charge >= 0.3 is 5.97 Å². The van der Waals surface area contributed by atoms with Crippen molar-refractivity contribution in [2.75, 3.05) is 19.0 Å². The van der Waals surface area contributed by atoms with Gasteiger partial charge in [0.2, 0.25) is 5.82 Å². The predicted molar refractivity (Wildman–Crippen MR) is 69.9 cm³/mol. The first-order valence-electron chi connectivity index (χ1n) is 6.49. The van der Waals surface area contributed by atoms with Gasteiger partial charge in [0.25, 0.3) is 0 Å². The van der Waals surface area contributed by atoms with Crippen molar-refractivity contribution in [3.63, 3.8) is 0 Å². The van der Waals surface area contributed by atoms with Crippen molar-refractivity contribution in [3.8, 4) is 0 Å². The molecule has 0 spiro atoms. The first-order chi connectivity index (χ1) is 9.19. The minimum atomic E-state index is -0.564. The predicted octanol–water partition coefficient (Wildman–Crippen LogP) is 1.37. The maximum absolute atomic E-state index is 11.4. The van der Waals surface area contributed by atoms with Crippen LogP contribution in [-0.2, 0) is 4.74 Å². The molecule has 104 valence electrons. The van der Waals surface area contributed by atoms with Gasteiger partial charge in [0.15, 0.2) is 0 Å². The summed E-state index contributed by atoms with van der Waals surface area (Å²) >= 11 is 0. The Morgan fingerprint density at radius 2 is 2.21 bits per heavy atom. The lowest BCUT2D eigenvalue weighted by Gasteiger charge is -2.36. The van der Waals surface area contributed by atoms with Gasteiger partial charge in [-0.05, 0) is 18.9 Å². The number of carbonyl (C=O) groups is 1. The minimum Gasteiger partial charge on any atom is -0.463 e. The number of aromatic nitrogens is 2. The minimum absolute atomic E-state index is 0.0244. The van der Waals surface area contributed by atoms with E-state index in [0.29, 0.717) is 5.82 Å². The normalized spacial score (nSPS) is 17.8. The van der Waals surface area contributed by atoms with E-state index >= 15 is 0 Å². The number of aliphatic hydroxyl groups is 1. The summed E-state index contributed by atoms with van der Waals surface area (Å²) in [5.41, 5.74) is -0.333. The molecule has 2 rings (SSSR count). The number of aliphatic hydroxyl groups excluding tert-OH is 1. The standard InChI is InChI=1S/C13H19N3O3/c1-19-12(18)11-14-8-5-10(15-11)16-13(9-17)6-3-2-4-7-13/h5,8,17H,2-4,6-7,9H2,1H3,(H,14,15,16). The number of hydrogen-bond donors (Lipinski definition) is 2. The fourth-order valence-electron chi connectivity index (χ4n) is 2.44. The molecule has 19 heavy (non-hydrogen) atoms. The molecule has 1 saturated carbocycles. The third-order valence-corrected chi connectivity index (χ3v) is 3.53. The Bertz CT molecular complexity index is 445. The molecule has 1 aliphatic rings. The van der Waals surface area contributed by atoms with Crippen molar-refractivity contribution in [1.82, 2.24) is 9.97 Å². The van der Waals surface area contributed by atoms with Crippen molar-refractivity contribution in [3.05, 3.63) is 18.1 Å². The lowest BCUT2D eigenvalue weighted by atomic mass is 9.82. The lowest BCUT2D eigenvalue weighted by molar-refractivity contribution is 0.0586. The summed E-state index contributed by atoms with van der Waals surface area (Å²) in [7, 11) is 1.29. The molecule has 0 aromatic carbocycles. The zero-order chi connectivity index (χ0) is 13.7.